The van der Waals surface area contributed by atoms with Crippen LogP contribution in [-0.4, -0.2) is 33.6 Å². The lowest BCUT2D eigenvalue weighted by Crippen LogP contribution is -2.35. The van der Waals surface area contributed by atoms with Crippen LogP contribution in [0.15, 0.2) is 33.9 Å². The average Bonchev–Trinajstić information content (AvgIpc) is 2.44. The van der Waals surface area contributed by atoms with Gasteiger partial charge in [0, 0.05) is 6.42 Å². The highest BCUT2D eigenvalue weighted by molar-refractivity contribution is 5.30. The summed E-state index contributed by atoms with van der Waals surface area (Å²) in [5.41, 5.74) is -0.0895. The Morgan fingerprint density at radius 3 is 2.90 bits per heavy atom. The van der Waals surface area contributed by atoms with Crippen LogP contribution in [0, 0.1) is 0 Å². The minimum Gasteiger partial charge on any atom is -0.497 e. The summed E-state index contributed by atoms with van der Waals surface area (Å²) in [5.74, 6) is 0.683. The van der Waals surface area contributed by atoms with Crippen molar-refractivity contribution in [2.45, 2.75) is 13.0 Å². The summed E-state index contributed by atoms with van der Waals surface area (Å²) in [6.07, 6.45) is 0.276. The molecule has 0 aliphatic rings. The van der Waals surface area contributed by atoms with Gasteiger partial charge in [-0.2, -0.15) is 5.10 Å². The number of benzene rings is 1. The molecular weight excluding hydrogens is 262 g/mol. The number of nitrogens with zero attached hydrogens (tertiary/aromatic N) is 2. The molecule has 1 aromatic carbocycles. The number of H-pyrrole nitrogens is 1. The van der Waals surface area contributed by atoms with Gasteiger partial charge in [-0.1, -0.05) is 12.1 Å². The smallest absolute Gasteiger partial charge is 0.344 e. The van der Waals surface area contributed by atoms with E-state index in [0.717, 1.165) is 10.2 Å². The van der Waals surface area contributed by atoms with Gasteiger partial charge >= 0.3 is 5.69 Å². The predicted octanol–water partition coefficient (Wildman–Crippen LogP) is -0.477. The largest absolute Gasteiger partial charge is 0.497 e. The van der Waals surface area contributed by atoms with E-state index in [0.29, 0.717) is 5.75 Å². The van der Waals surface area contributed by atoms with E-state index >= 15 is 0 Å². The Balaban J connectivity index is 2.35. The molecule has 0 bridgehead atoms. The fourth-order valence-corrected chi connectivity index (χ4v) is 1.81. The summed E-state index contributed by atoms with van der Waals surface area (Å²) in [5, 5.41) is 12.8. The van der Waals surface area contributed by atoms with Gasteiger partial charge in [0.15, 0.2) is 0 Å². The standard InChI is InChI=1S/C13H15N3O4/c1-20-10-4-2-3-9(7-10)8-11-12(18)14-13(19)16(15-11)5-6-17/h2-4,7,17H,5-6,8H2,1H3,(H,14,18,19). The zero-order chi connectivity index (χ0) is 14.5. The van der Waals surface area contributed by atoms with Gasteiger partial charge in [-0.25, -0.2) is 9.48 Å². The van der Waals surface area contributed by atoms with Crippen molar-refractivity contribution in [2.75, 3.05) is 13.7 Å². The summed E-state index contributed by atoms with van der Waals surface area (Å²) in [6, 6.07) is 7.24. The number of rotatable bonds is 5. The Kier molecular flexibility index (Phi) is 4.31. The molecule has 0 atom stereocenters. The van der Waals surface area contributed by atoms with Crippen LogP contribution in [-0.2, 0) is 13.0 Å². The van der Waals surface area contributed by atoms with E-state index in [9.17, 15) is 9.59 Å². The maximum atomic E-state index is 11.7. The van der Waals surface area contributed by atoms with Gasteiger partial charge in [-0.3, -0.25) is 9.78 Å². The predicted molar refractivity (Wildman–Crippen MR) is 72.0 cm³/mol. The topological polar surface area (TPSA) is 97.2 Å². The third-order valence-electron chi connectivity index (χ3n) is 2.78. The molecule has 0 unspecified atom stereocenters. The molecule has 106 valence electrons. The van der Waals surface area contributed by atoms with E-state index in [1.54, 1.807) is 19.2 Å². The van der Waals surface area contributed by atoms with Crippen molar-refractivity contribution < 1.29 is 9.84 Å². The summed E-state index contributed by atoms with van der Waals surface area (Å²) in [6.45, 7) is -0.182. The van der Waals surface area contributed by atoms with Crippen LogP contribution in [0.5, 0.6) is 5.75 Å². The summed E-state index contributed by atoms with van der Waals surface area (Å²) >= 11 is 0. The van der Waals surface area contributed by atoms with Crippen molar-refractivity contribution in [3.8, 4) is 5.75 Å². The molecule has 2 rings (SSSR count). The van der Waals surface area contributed by atoms with E-state index in [4.69, 9.17) is 9.84 Å². The van der Waals surface area contributed by atoms with Gasteiger partial charge in [0.1, 0.15) is 11.4 Å². The van der Waals surface area contributed by atoms with E-state index < -0.39 is 11.2 Å². The second-order valence-corrected chi connectivity index (χ2v) is 4.18. The lowest BCUT2D eigenvalue weighted by Gasteiger charge is -2.06. The van der Waals surface area contributed by atoms with Gasteiger partial charge in [-0.05, 0) is 17.7 Å². The Morgan fingerprint density at radius 1 is 1.40 bits per heavy atom. The van der Waals surface area contributed by atoms with Crippen LogP contribution in [0.4, 0.5) is 0 Å². The number of aromatic amines is 1. The van der Waals surface area contributed by atoms with Crippen LogP contribution < -0.4 is 16.0 Å². The molecule has 0 saturated carbocycles. The van der Waals surface area contributed by atoms with Gasteiger partial charge in [0.05, 0.1) is 20.3 Å². The monoisotopic (exact) mass is 277 g/mol. The normalized spacial score (nSPS) is 10.5. The number of methoxy groups -OCH3 is 1. The van der Waals surface area contributed by atoms with Crippen molar-refractivity contribution in [3.63, 3.8) is 0 Å². The van der Waals surface area contributed by atoms with Crippen LogP contribution in [0.3, 0.4) is 0 Å². The number of ether oxygens (including phenoxy) is 1. The molecule has 1 heterocycles. The Morgan fingerprint density at radius 2 is 2.20 bits per heavy atom. The van der Waals surface area contributed by atoms with E-state index in [2.05, 4.69) is 10.1 Å². The van der Waals surface area contributed by atoms with Crippen molar-refractivity contribution in [1.82, 2.24) is 14.8 Å². The minimum absolute atomic E-state index is 0.0424. The number of hydrogen-bond acceptors (Lipinski definition) is 5. The molecule has 20 heavy (non-hydrogen) atoms. The average molecular weight is 277 g/mol. The van der Waals surface area contributed by atoms with Crippen LogP contribution in [0.25, 0.3) is 0 Å². The van der Waals surface area contributed by atoms with Crippen molar-refractivity contribution in [3.05, 3.63) is 56.4 Å². The third kappa shape index (κ3) is 3.12. The highest BCUT2D eigenvalue weighted by Gasteiger charge is 2.08. The first-order valence-corrected chi connectivity index (χ1v) is 6.08. The Labute approximate surface area is 114 Å². The minimum atomic E-state index is -0.626. The van der Waals surface area contributed by atoms with Crippen LogP contribution in [0.2, 0.25) is 0 Å². The summed E-state index contributed by atoms with van der Waals surface area (Å²) in [7, 11) is 1.56. The lowest BCUT2D eigenvalue weighted by atomic mass is 10.1. The molecule has 7 nitrogen and oxygen atoms in total. The summed E-state index contributed by atoms with van der Waals surface area (Å²) < 4.78 is 6.15. The number of aliphatic hydroxyl groups is 1. The number of nitrogens with one attached hydrogen (secondary N) is 1. The number of hydrogen-bond donors (Lipinski definition) is 2. The summed E-state index contributed by atoms with van der Waals surface area (Å²) in [4.78, 5) is 25.4. The fraction of sp³-hybridized carbons (Fsp3) is 0.308. The van der Waals surface area contributed by atoms with E-state index in [-0.39, 0.29) is 25.3 Å². The number of aliphatic hydroxyl groups excluding tert-OH is 1. The highest BCUT2D eigenvalue weighted by atomic mass is 16.5. The molecule has 0 saturated heterocycles. The molecule has 0 spiro atoms. The van der Waals surface area contributed by atoms with Crippen molar-refractivity contribution in [2.24, 2.45) is 0 Å². The third-order valence-corrected chi connectivity index (χ3v) is 2.78. The zero-order valence-corrected chi connectivity index (χ0v) is 11.0. The lowest BCUT2D eigenvalue weighted by molar-refractivity contribution is 0.264. The van der Waals surface area contributed by atoms with E-state index in [1.807, 2.05) is 12.1 Å². The molecule has 0 aliphatic carbocycles. The van der Waals surface area contributed by atoms with E-state index in [1.165, 1.54) is 0 Å². The second-order valence-electron chi connectivity index (χ2n) is 4.18. The van der Waals surface area contributed by atoms with Gasteiger partial charge in [-0.15, -0.1) is 0 Å². The van der Waals surface area contributed by atoms with Crippen molar-refractivity contribution in [1.29, 1.82) is 0 Å². The highest BCUT2D eigenvalue weighted by Crippen LogP contribution is 2.13. The van der Waals surface area contributed by atoms with Crippen LogP contribution >= 0.6 is 0 Å². The molecule has 0 radical (unpaired) electrons. The molecule has 2 aromatic rings. The molecule has 0 aliphatic heterocycles. The Bertz CT molecular complexity index is 705. The maximum Gasteiger partial charge on any atom is 0.344 e. The molecular formula is C13H15N3O4. The van der Waals surface area contributed by atoms with Gasteiger partial charge < -0.3 is 9.84 Å². The van der Waals surface area contributed by atoms with Crippen LogP contribution in [0.1, 0.15) is 11.3 Å². The molecule has 1 aromatic heterocycles. The molecule has 0 fully saturated rings. The van der Waals surface area contributed by atoms with Gasteiger partial charge in [0.25, 0.3) is 5.56 Å². The fourth-order valence-electron chi connectivity index (χ4n) is 1.81. The molecule has 0 amide bonds. The molecule has 2 N–H and O–H groups in total. The number of aromatic nitrogens is 3. The first-order valence-electron chi connectivity index (χ1n) is 6.08. The first-order chi connectivity index (χ1) is 9.63. The molecule has 7 heteroatoms. The zero-order valence-electron chi connectivity index (χ0n) is 11.0. The SMILES string of the molecule is COc1cccc(Cc2nn(CCO)c(=O)[nH]c2=O)c1. The van der Waals surface area contributed by atoms with Crippen molar-refractivity contribution >= 4 is 0 Å². The quantitative estimate of drug-likeness (QED) is 0.769. The second kappa shape index (κ2) is 6.16. The first kappa shape index (κ1) is 14.0. The maximum absolute atomic E-state index is 11.7. The Hall–Kier alpha value is -2.41. The van der Waals surface area contributed by atoms with Gasteiger partial charge in [0.2, 0.25) is 0 Å².